The Balaban J connectivity index is 1.30. The van der Waals surface area contributed by atoms with Crippen molar-refractivity contribution in [3.8, 4) is 0 Å². The van der Waals surface area contributed by atoms with E-state index >= 15 is 0 Å². The molecule has 5 rings (SSSR count). The number of carbonyl (C=O) groups excluding carboxylic acids is 1. The lowest BCUT2D eigenvalue weighted by Gasteiger charge is -2.38. The van der Waals surface area contributed by atoms with Crippen molar-refractivity contribution >= 4 is 42.4 Å². The molecule has 0 saturated carbocycles. The van der Waals surface area contributed by atoms with E-state index in [2.05, 4.69) is 9.88 Å². The lowest BCUT2D eigenvalue weighted by atomic mass is 9.94. The summed E-state index contributed by atoms with van der Waals surface area (Å²) in [6.07, 6.45) is 5.27. The van der Waals surface area contributed by atoms with Crippen LogP contribution in [0.1, 0.15) is 6.92 Å². The van der Waals surface area contributed by atoms with Gasteiger partial charge in [0.1, 0.15) is 11.1 Å². The number of fused-ring (bicyclic) bond motifs is 1. The highest BCUT2D eigenvalue weighted by atomic mass is 32.2. The van der Waals surface area contributed by atoms with Crippen LogP contribution in [0.5, 0.6) is 0 Å². The van der Waals surface area contributed by atoms with E-state index in [-0.39, 0.29) is 30.9 Å². The van der Waals surface area contributed by atoms with Gasteiger partial charge in [-0.2, -0.15) is 0 Å². The number of amides is 1. The molecule has 32 heavy (non-hydrogen) atoms. The maximum Gasteiger partial charge on any atom is 0.251 e. The summed E-state index contributed by atoms with van der Waals surface area (Å²) in [5.41, 5.74) is 1.10. The Morgan fingerprint density at radius 2 is 1.97 bits per heavy atom. The lowest BCUT2D eigenvalue weighted by molar-refractivity contribution is -0.127. The second-order valence-electron chi connectivity index (χ2n) is 8.42. The highest BCUT2D eigenvalue weighted by Crippen LogP contribution is 2.33. The monoisotopic (exact) mass is 477 g/mol. The maximum atomic E-state index is 13.5. The first-order chi connectivity index (χ1) is 15.3. The molecular formula is C22H24FN3O4S2. The molecule has 1 aromatic carbocycles. The number of ether oxygens (including phenoxy) is 1. The molecule has 0 spiro atoms. The number of allylic oxidation sites excluding steroid dienone is 3. The van der Waals surface area contributed by atoms with E-state index < -0.39 is 20.3 Å². The standard InChI is InChI=1S/C22H24FN3O4S2/c1-14-3-2-4-17(20(14)32(28,29)16-12-30-13-16)21(27)25-7-9-26(10-8-25)22-24-18-6-5-15(23)11-19(18)31-22/h2-6,11,14,16,20H,7-10,12-13H2,1H3. The predicted octanol–water partition coefficient (Wildman–Crippen LogP) is 2.40. The van der Waals surface area contributed by atoms with E-state index in [0.29, 0.717) is 31.8 Å². The van der Waals surface area contributed by atoms with Gasteiger partial charge in [0.15, 0.2) is 15.0 Å². The third-order valence-electron chi connectivity index (χ3n) is 6.32. The molecule has 0 N–H and O–H groups in total. The molecule has 2 aromatic rings. The van der Waals surface area contributed by atoms with Gasteiger partial charge < -0.3 is 14.5 Å². The minimum Gasteiger partial charge on any atom is -0.379 e. The number of sulfone groups is 1. The summed E-state index contributed by atoms with van der Waals surface area (Å²) in [5.74, 6) is -0.778. The number of hydrogen-bond donors (Lipinski definition) is 0. The first-order valence-corrected chi connectivity index (χ1v) is 13.1. The number of hydrogen-bond acceptors (Lipinski definition) is 7. The average molecular weight is 478 g/mol. The van der Waals surface area contributed by atoms with Crippen molar-refractivity contribution in [1.29, 1.82) is 0 Å². The molecule has 10 heteroatoms. The van der Waals surface area contributed by atoms with Gasteiger partial charge in [0.25, 0.3) is 5.91 Å². The van der Waals surface area contributed by atoms with Crippen LogP contribution in [0.4, 0.5) is 9.52 Å². The Morgan fingerprint density at radius 1 is 1.22 bits per heavy atom. The lowest BCUT2D eigenvalue weighted by Crippen LogP contribution is -2.53. The molecule has 0 radical (unpaired) electrons. The summed E-state index contributed by atoms with van der Waals surface area (Å²) in [7, 11) is -3.52. The van der Waals surface area contributed by atoms with Crippen LogP contribution in [0, 0.1) is 11.7 Å². The van der Waals surface area contributed by atoms with Crippen molar-refractivity contribution in [2.75, 3.05) is 44.3 Å². The van der Waals surface area contributed by atoms with Gasteiger partial charge in [-0.05, 0) is 24.1 Å². The van der Waals surface area contributed by atoms with Gasteiger partial charge in [-0.15, -0.1) is 0 Å². The zero-order valence-electron chi connectivity index (χ0n) is 17.6. The zero-order valence-corrected chi connectivity index (χ0v) is 19.2. The number of anilines is 1. The number of benzene rings is 1. The third-order valence-corrected chi connectivity index (χ3v) is 10.00. The van der Waals surface area contributed by atoms with Crippen LogP contribution in [0.25, 0.3) is 10.2 Å². The largest absolute Gasteiger partial charge is 0.379 e. The summed E-state index contributed by atoms with van der Waals surface area (Å²) in [4.78, 5) is 21.8. The van der Waals surface area contributed by atoms with E-state index in [1.54, 1.807) is 23.1 Å². The molecule has 2 atom stereocenters. The molecule has 1 aliphatic carbocycles. The van der Waals surface area contributed by atoms with Crippen molar-refractivity contribution in [3.05, 3.63) is 47.8 Å². The summed E-state index contributed by atoms with van der Waals surface area (Å²) >= 11 is 1.43. The zero-order chi connectivity index (χ0) is 22.5. The highest BCUT2D eigenvalue weighted by Gasteiger charge is 2.45. The fraction of sp³-hybridized carbons (Fsp3) is 0.455. The van der Waals surface area contributed by atoms with Gasteiger partial charge in [0.05, 0.1) is 28.7 Å². The summed E-state index contributed by atoms with van der Waals surface area (Å²) in [6, 6.07) is 4.55. The molecular weight excluding hydrogens is 453 g/mol. The van der Waals surface area contributed by atoms with Crippen LogP contribution in [0.3, 0.4) is 0 Å². The van der Waals surface area contributed by atoms with Crippen LogP contribution in [0.2, 0.25) is 0 Å². The van der Waals surface area contributed by atoms with Crippen molar-refractivity contribution in [2.24, 2.45) is 5.92 Å². The van der Waals surface area contributed by atoms with Crippen LogP contribution in [-0.2, 0) is 19.4 Å². The minimum atomic E-state index is -3.52. The second-order valence-corrected chi connectivity index (χ2v) is 11.8. The molecule has 2 aliphatic heterocycles. The van der Waals surface area contributed by atoms with E-state index in [1.807, 2.05) is 13.0 Å². The van der Waals surface area contributed by atoms with Crippen LogP contribution < -0.4 is 4.90 Å². The first kappa shape index (κ1) is 21.5. The number of piperazine rings is 1. The number of carbonyl (C=O) groups is 1. The number of nitrogens with zero attached hydrogens (tertiary/aromatic N) is 3. The SMILES string of the molecule is CC1C=CC=C(C(=O)N2CCN(c3nc4ccc(F)cc4s3)CC2)C1S(=O)(=O)C1COC1. The van der Waals surface area contributed by atoms with Crippen LogP contribution >= 0.6 is 11.3 Å². The molecule has 7 nitrogen and oxygen atoms in total. The van der Waals surface area contributed by atoms with E-state index in [9.17, 15) is 17.6 Å². The van der Waals surface area contributed by atoms with Crippen molar-refractivity contribution in [2.45, 2.75) is 17.4 Å². The van der Waals surface area contributed by atoms with Gasteiger partial charge in [-0.25, -0.2) is 17.8 Å². The van der Waals surface area contributed by atoms with E-state index in [0.717, 1.165) is 15.3 Å². The average Bonchev–Trinajstić information content (AvgIpc) is 3.14. The summed E-state index contributed by atoms with van der Waals surface area (Å²) in [6.45, 7) is 4.34. The van der Waals surface area contributed by atoms with Gasteiger partial charge in [0.2, 0.25) is 0 Å². The first-order valence-electron chi connectivity index (χ1n) is 10.6. The minimum absolute atomic E-state index is 0.196. The predicted molar refractivity (Wildman–Crippen MR) is 122 cm³/mol. The number of rotatable bonds is 4. The quantitative estimate of drug-likeness (QED) is 0.673. The van der Waals surface area contributed by atoms with Gasteiger partial charge in [-0.1, -0.05) is 36.5 Å². The maximum absolute atomic E-state index is 13.5. The normalized spacial score (nSPS) is 24.5. The van der Waals surface area contributed by atoms with Gasteiger partial charge in [-0.3, -0.25) is 4.79 Å². The van der Waals surface area contributed by atoms with Gasteiger partial charge in [0, 0.05) is 31.8 Å². The second kappa shape index (κ2) is 8.24. The molecule has 1 amide bonds. The van der Waals surface area contributed by atoms with E-state index in [1.165, 1.54) is 23.5 Å². The molecule has 2 unspecified atom stereocenters. The number of aromatic nitrogens is 1. The van der Waals surface area contributed by atoms with Crippen molar-refractivity contribution < 1.29 is 22.3 Å². The number of thiazole rings is 1. The fourth-order valence-electron chi connectivity index (χ4n) is 4.40. The fourth-order valence-corrected chi connectivity index (χ4v) is 7.65. The topological polar surface area (TPSA) is 79.8 Å². The van der Waals surface area contributed by atoms with Crippen LogP contribution in [-0.4, -0.2) is 74.1 Å². The van der Waals surface area contributed by atoms with Crippen LogP contribution in [0.15, 0.2) is 42.0 Å². The molecule has 2 fully saturated rings. The van der Waals surface area contributed by atoms with E-state index in [4.69, 9.17) is 4.74 Å². The highest BCUT2D eigenvalue weighted by molar-refractivity contribution is 7.93. The smallest absolute Gasteiger partial charge is 0.251 e. The summed E-state index contributed by atoms with van der Waals surface area (Å²) < 4.78 is 45.7. The molecule has 1 aromatic heterocycles. The Bertz CT molecular complexity index is 1210. The Hall–Kier alpha value is -2.30. The molecule has 3 heterocycles. The Morgan fingerprint density at radius 3 is 2.66 bits per heavy atom. The molecule has 170 valence electrons. The summed E-state index contributed by atoms with van der Waals surface area (Å²) in [5, 5.41) is -0.582. The Labute approximate surface area is 190 Å². The Kier molecular flexibility index (Phi) is 5.55. The molecule has 3 aliphatic rings. The molecule has 2 saturated heterocycles. The molecule has 0 bridgehead atoms. The number of halogens is 1. The van der Waals surface area contributed by atoms with Crippen molar-refractivity contribution in [3.63, 3.8) is 0 Å². The van der Waals surface area contributed by atoms with Gasteiger partial charge >= 0.3 is 0 Å². The van der Waals surface area contributed by atoms with Crippen molar-refractivity contribution in [1.82, 2.24) is 9.88 Å². The third kappa shape index (κ3) is 3.74.